The van der Waals surface area contributed by atoms with Crippen molar-refractivity contribution in [2.24, 2.45) is 0 Å². The van der Waals surface area contributed by atoms with Crippen molar-refractivity contribution in [3.63, 3.8) is 0 Å². The summed E-state index contributed by atoms with van der Waals surface area (Å²) in [4.78, 5) is 15.6. The van der Waals surface area contributed by atoms with Crippen LogP contribution in [-0.2, 0) is 0 Å². The molecule has 0 saturated heterocycles. The first-order valence-electron chi connectivity index (χ1n) is 4.64. The lowest BCUT2D eigenvalue weighted by atomic mass is 10.4. The van der Waals surface area contributed by atoms with E-state index in [4.69, 9.17) is 23.2 Å². The van der Waals surface area contributed by atoms with E-state index in [1.54, 1.807) is 12.1 Å². The molecule has 2 nitrogen and oxygen atoms in total. The number of unbranched alkanes of at least 4 members (excludes halogenated alkanes) is 1. The second kappa shape index (κ2) is 6.36. The minimum Gasteiger partial charge on any atom is -0.280 e. The van der Waals surface area contributed by atoms with E-state index < -0.39 is 0 Å². The molecule has 0 radical (unpaired) electrons. The number of rotatable bonds is 4. The quantitative estimate of drug-likeness (QED) is 0.606. The molecule has 1 heterocycles. The van der Waals surface area contributed by atoms with Gasteiger partial charge in [-0.15, -0.1) is 0 Å². The molecule has 82 valence electrons. The van der Waals surface area contributed by atoms with Gasteiger partial charge in [0.2, 0.25) is 5.12 Å². The second-order valence-corrected chi connectivity index (χ2v) is 4.82. The van der Waals surface area contributed by atoms with Crippen LogP contribution < -0.4 is 0 Å². The molecule has 0 aliphatic heterocycles. The van der Waals surface area contributed by atoms with E-state index in [1.807, 2.05) is 0 Å². The van der Waals surface area contributed by atoms with Crippen LogP contribution in [0.2, 0.25) is 10.2 Å². The Hall–Kier alpha value is -0.250. The fourth-order valence-electron chi connectivity index (χ4n) is 0.939. The first-order valence-corrected chi connectivity index (χ1v) is 6.38. The van der Waals surface area contributed by atoms with E-state index in [9.17, 15) is 4.79 Å². The summed E-state index contributed by atoms with van der Waals surface area (Å²) in [6.45, 7) is 2.08. The average Bonchev–Trinajstić information content (AvgIpc) is 2.22. The maximum atomic E-state index is 11.6. The number of nitrogens with zero attached hydrogens (tertiary/aromatic N) is 1. The van der Waals surface area contributed by atoms with Crippen molar-refractivity contribution in [1.29, 1.82) is 0 Å². The predicted octanol–water partition coefficient (Wildman–Crippen LogP) is 4.06. The Labute approximate surface area is 103 Å². The first kappa shape index (κ1) is 12.8. The Balaban J connectivity index is 2.68. The maximum absolute atomic E-state index is 11.6. The van der Waals surface area contributed by atoms with Crippen LogP contribution >= 0.6 is 35.0 Å². The number of hydrogen-bond acceptors (Lipinski definition) is 3. The van der Waals surface area contributed by atoms with Gasteiger partial charge in [0.15, 0.2) is 0 Å². The first-order chi connectivity index (χ1) is 7.15. The van der Waals surface area contributed by atoms with Gasteiger partial charge in [-0.1, -0.05) is 48.3 Å². The monoisotopic (exact) mass is 263 g/mol. The highest BCUT2D eigenvalue weighted by Gasteiger charge is 2.12. The number of carbonyl (C=O) groups excluding carboxylic acids is 1. The highest BCUT2D eigenvalue weighted by molar-refractivity contribution is 8.14. The average molecular weight is 264 g/mol. The van der Waals surface area contributed by atoms with E-state index >= 15 is 0 Å². The summed E-state index contributed by atoms with van der Waals surface area (Å²) in [5, 5.41) is 0.531. The molecule has 0 N–H and O–H groups in total. The van der Waals surface area contributed by atoms with E-state index in [0.717, 1.165) is 18.6 Å². The standard InChI is InChI=1S/C10H11Cl2NOS/c1-2-3-6-15-10(14)9-7(11)4-5-8(12)13-9/h4-5H,2-3,6H2,1H3. The lowest BCUT2D eigenvalue weighted by Crippen LogP contribution is -2.00. The summed E-state index contributed by atoms with van der Waals surface area (Å²) in [5.41, 5.74) is 0.255. The van der Waals surface area contributed by atoms with Crippen LogP contribution in [0.15, 0.2) is 12.1 Å². The van der Waals surface area contributed by atoms with Crippen molar-refractivity contribution < 1.29 is 4.79 Å². The Morgan fingerprint density at radius 1 is 1.47 bits per heavy atom. The summed E-state index contributed by atoms with van der Waals surface area (Å²) in [6, 6.07) is 3.15. The van der Waals surface area contributed by atoms with Gasteiger partial charge in [-0.05, 0) is 18.6 Å². The smallest absolute Gasteiger partial charge is 0.239 e. The molecule has 0 aromatic carbocycles. The predicted molar refractivity (Wildman–Crippen MR) is 66.0 cm³/mol. The second-order valence-electron chi connectivity index (χ2n) is 2.95. The highest BCUT2D eigenvalue weighted by Crippen LogP contribution is 2.22. The van der Waals surface area contributed by atoms with Gasteiger partial charge >= 0.3 is 0 Å². The van der Waals surface area contributed by atoms with E-state index in [-0.39, 0.29) is 10.8 Å². The van der Waals surface area contributed by atoms with Crippen molar-refractivity contribution in [1.82, 2.24) is 4.98 Å². The molecule has 0 bridgehead atoms. The lowest BCUT2D eigenvalue weighted by Gasteiger charge is -2.02. The third kappa shape index (κ3) is 4.01. The van der Waals surface area contributed by atoms with Gasteiger partial charge in [-0.25, -0.2) is 4.98 Å². The number of hydrogen-bond donors (Lipinski definition) is 0. The topological polar surface area (TPSA) is 30.0 Å². The molecular weight excluding hydrogens is 253 g/mol. The Kier molecular flexibility index (Phi) is 5.43. The molecule has 0 aliphatic carbocycles. The van der Waals surface area contributed by atoms with Crippen LogP contribution in [0, 0.1) is 0 Å². The van der Waals surface area contributed by atoms with Gasteiger partial charge in [0.1, 0.15) is 10.8 Å². The third-order valence-corrected chi connectivity index (χ3v) is 3.20. The zero-order valence-electron chi connectivity index (χ0n) is 8.30. The molecule has 1 aromatic heterocycles. The van der Waals surface area contributed by atoms with Crippen molar-refractivity contribution >= 4 is 40.1 Å². The van der Waals surface area contributed by atoms with Gasteiger partial charge in [0.05, 0.1) is 5.02 Å². The van der Waals surface area contributed by atoms with Gasteiger partial charge in [-0.2, -0.15) is 0 Å². The summed E-state index contributed by atoms with van der Waals surface area (Å²) < 4.78 is 0. The van der Waals surface area contributed by atoms with E-state index in [2.05, 4.69) is 11.9 Å². The maximum Gasteiger partial charge on any atom is 0.239 e. The van der Waals surface area contributed by atoms with Crippen molar-refractivity contribution in [3.8, 4) is 0 Å². The molecule has 0 atom stereocenters. The molecule has 0 amide bonds. The van der Waals surface area contributed by atoms with Crippen molar-refractivity contribution in [3.05, 3.63) is 28.0 Å². The van der Waals surface area contributed by atoms with E-state index in [1.165, 1.54) is 11.8 Å². The molecule has 0 saturated carbocycles. The van der Waals surface area contributed by atoms with Crippen molar-refractivity contribution in [2.45, 2.75) is 19.8 Å². The third-order valence-electron chi connectivity index (χ3n) is 1.74. The Morgan fingerprint density at radius 3 is 2.87 bits per heavy atom. The van der Waals surface area contributed by atoms with Gasteiger partial charge in [0, 0.05) is 5.75 Å². The van der Waals surface area contributed by atoms with Gasteiger partial charge in [-0.3, -0.25) is 4.79 Å². The van der Waals surface area contributed by atoms with E-state index in [0.29, 0.717) is 10.2 Å². The number of aromatic nitrogens is 1. The number of pyridine rings is 1. The zero-order chi connectivity index (χ0) is 11.3. The van der Waals surface area contributed by atoms with Gasteiger partial charge in [0.25, 0.3) is 0 Å². The molecule has 0 aliphatic rings. The zero-order valence-corrected chi connectivity index (χ0v) is 10.6. The molecular formula is C10H11Cl2NOS. The lowest BCUT2D eigenvalue weighted by molar-refractivity contribution is 0.108. The van der Waals surface area contributed by atoms with Crippen LogP contribution in [0.5, 0.6) is 0 Å². The van der Waals surface area contributed by atoms with Gasteiger partial charge < -0.3 is 0 Å². The van der Waals surface area contributed by atoms with Crippen LogP contribution in [0.3, 0.4) is 0 Å². The molecule has 5 heteroatoms. The van der Waals surface area contributed by atoms with Crippen LogP contribution in [0.25, 0.3) is 0 Å². The molecule has 0 unspecified atom stereocenters. The summed E-state index contributed by atoms with van der Waals surface area (Å²) >= 11 is 12.8. The SMILES string of the molecule is CCCCSC(=O)c1nc(Cl)ccc1Cl. The number of thioether (sulfide) groups is 1. The Morgan fingerprint density at radius 2 is 2.20 bits per heavy atom. The molecule has 0 fully saturated rings. The largest absolute Gasteiger partial charge is 0.280 e. The normalized spacial score (nSPS) is 10.3. The van der Waals surface area contributed by atoms with Crippen LogP contribution in [0.1, 0.15) is 30.3 Å². The molecule has 0 spiro atoms. The highest BCUT2D eigenvalue weighted by atomic mass is 35.5. The molecule has 15 heavy (non-hydrogen) atoms. The van der Waals surface area contributed by atoms with Crippen molar-refractivity contribution in [2.75, 3.05) is 5.75 Å². The fourth-order valence-corrected chi connectivity index (χ4v) is 2.24. The van der Waals surface area contributed by atoms with Crippen LogP contribution in [0.4, 0.5) is 0 Å². The number of carbonyl (C=O) groups is 1. The summed E-state index contributed by atoms with van der Waals surface area (Å²) in [7, 11) is 0. The minimum absolute atomic E-state index is 0.115. The Bertz CT molecular complexity index is 357. The molecule has 1 aromatic rings. The summed E-state index contributed by atoms with van der Waals surface area (Å²) in [5.74, 6) is 0.792. The van der Waals surface area contributed by atoms with Crippen LogP contribution in [-0.4, -0.2) is 15.9 Å². The summed E-state index contributed by atoms with van der Waals surface area (Å²) in [6.07, 6.45) is 2.07. The fraction of sp³-hybridized carbons (Fsp3) is 0.400. The molecule has 1 rings (SSSR count). The number of halogens is 2. The minimum atomic E-state index is -0.115.